The molecule has 45 heteroatoms. The molecular weight excluding hydrogens is 1790 g/mol. The molecule has 0 radical (unpaired) electrons. The zero-order valence-corrected chi connectivity index (χ0v) is 73.1. The number of rotatable bonds is 23. The highest BCUT2D eigenvalue weighted by atomic mass is 35.5. The third-order valence-electron chi connectivity index (χ3n) is 22.7. The van der Waals surface area contributed by atoms with Gasteiger partial charge in [-0.15, -0.1) is 0 Å². The van der Waals surface area contributed by atoms with Crippen LogP contribution in [0.5, 0.6) is 46.0 Å². The number of amides is 9. The van der Waals surface area contributed by atoms with Crippen molar-refractivity contribution in [2.24, 2.45) is 11.7 Å². The van der Waals surface area contributed by atoms with Crippen molar-refractivity contribution in [3.05, 3.63) is 173 Å². The van der Waals surface area contributed by atoms with Gasteiger partial charge < -0.3 is 133 Å². The maximum absolute atomic E-state index is 16.4. The Balaban J connectivity index is 0.941. The first kappa shape index (κ1) is 96.4. The minimum atomic E-state index is -2.40. The number of nitrogens with two attached hydrogens (primary N) is 1. The van der Waals surface area contributed by atoms with E-state index in [0.29, 0.717) is 26.3 Å². The minimum Gasteiger partial charge on any atom is -0.508 e. The van der Waals surface area contributed by atoms with Crippen molar-refractivity contribution < 1.29 is 127 Å². The second kappa shape index (κ2) is 41.5. The normalized spacial score (nSPS) is 26.3. The van der Waals surface area contributed by atoms with Gasteiger partial charge in [0.15, 0.2) is 23.9 Å². The molecule has 16 unspecified atom stereocenters. The van der Waals surface area contributed by atoms with Crippen LogP contribution in [-0.2, 0) is 68.7 Å². The van der Waals surface area contributed by atoms with E-state index in [9.17, 15) is 69.9 Å². The number of aromatic nitrogens is 2. The number of halogens is 4. The van der Waals surface area contributed by atoms with Gasteiger partial charge in [-0.2, -0.15) is 4.98 Å². The standard InChI is InChI=1S/C85H96Cl4N14O27/c1-36(2)22-50(91-5)76(115)99-66-68(109)39-7-10-54(48(88)26-39)126-56-28-41-29-57(72(56)130-83-73(71(112)70(111)58(35-104)128-83)129-61-34-85(4,74(113)37(3)125-61)92-13-15-103-14-12-60(95-84(103)122)94-75(114)42-23-43(86)30-44(87)24-42)127-55-11-8-40(27-49(55)89)69(110)67-81(120)98-65(82(121)101-124-21-18-102-16-19-123-20-17-102)47-31-45(105)32-53(107)62(47)46-25-38(6-9-52(46)106)63(78(117)100-67)97-79(118)64(41)96-77(116)51(33-59(90)108)93-80(66)119/h6-12,14,23-32,36-37,50-51,58,61,63-71,73-74,83,91-92,104-107,109-113H,13,15-22,33-35H2,1-5H3,(H2,90,108)(H,93,119)(H,96,116)(H,97,118)(H,98,120)(H,99,115)(H,100,117)(H,101,121)(H,94,95,114,122)/t37?,50?,51?,58?,61?,63?,64?,65-,66?,67?,68?,69?,70?,71?,73?,74?,83?,85-/m1/s1. The van der Waals surface area contributed by atoms with E-state index in [4.69, 9.17) is 90.1 Å². The summed E-state index contributed by atoms with van der Waals surface area (Å²) in [5.74, 6) is -16.3. The SMILES string of the molecule is CNC(CC(C)C)C(=O)NC1C(=O)NC(CC(N)=O)C(=O)NC2C(=O)NC3C(=O)NC(C(=O)N[C@@H](C(=O)NOCCN4CCOCC4)c4cc(O)cc(O)c4-c4cc3ccc4O)C(O)c3ccc(c(Cl)c3)Oc3cc2cc(c3OC2OC(CO)C(O)C(O)C2OC2C[C@@](C)(NCCn3ccc(NC(=O)c4cc(Cl)cc(Cl)c4)nc3=O)C(O)C(C)O2)Oc2ccc(cc2Cl)C1O. The van der Waals surface area contributed by atoms with Gasteiger partial charge in [0.2, 0.25) is 53.4 Å². The molecule has 0 aliphatic carbocycles. The highest BCUT2D eigenvalue weighted by Gasteiger charge is 2.52. The van der Waals surface area contributed by atoms with Crippen LogP contribution >= 0.6 is 46.4 Å². The van der Waals surface area contributed by atoms with Gasteiger partial charge in [-0.05, 0) is 140 Å². The van der Waals surface area contributed by atoms with Gasteiger partial charge in [-0.25, -0.2) is 10.3 Å². The van der Waals surface area contributed by atoms with E-state index < -0.39 is 254 Å². The summed E-state index contributed by atoms with van der Waals surface area (Å²) in [6, 6.07) is 5.11. The maximum atomic E-state index is 16.4. The van der Waals surface area contributed by atoms with Crippen LogP contribution in [-0.4, -0.2) is 252 Å². The number of carbonyl (C=O) groups excluding carboxylic acids is 9. The average Bonchev–Trinajstić information content (AvgIpc) is 0.755. The van der Waals surface area contributed by atoms with Crippen molar-refractivity contribution in [2.45, 2.75) is 163 Å². The number of likely N-dealkylation sites (N-methyl/N-ethyl adjacent to an activating group) is 1. The summed E-state index contributed by atoms with van der Waals surface area (Å²) in [6.07, 6.45) is -18.3. The molecule has 0 saturated carbocycles. The molecule has 9 heterocycles. The second-order valence-corrected chi connectivity index (χ2v) is 34.1. The molecular formula is C85H96Cl4N14O27. The summed E-state index contributed by atoms with van der Waals surface area (Å²) in [5, 5.41) is 131. The van der Waals surface area contributed by atoms with Crippen molar-refractivity contribution in [1.82, 2.24) is 62.5 Å². The summed E-state index contributed by atoms with van der Waals surface area (Å²) in [5.41, 5.74) is 3.31. The van der Waals surface area contributed by atoms with Crippen molar-refractivity contribution in [3.8, 4) is 57.1 Å². The molecule has 21 N–H and O–H groups in total. The van der Waals surface area contributed by atoms with Crippen molar-refractivity contribution in [2.75, 3.05) is 65.0 Å². The Morgan fingerprint density at radius 2 is 1.35 bits per heavy atom. The molecule has 41 nitrogen and oxygen atoms in total. The van der Waals surface area contributed by atoms with Gasteiger partial charge in [0, 0.05) is 83.7 Å². The zero-order valence-electron chi connectivity index (χ0n) is 70.1. The summed E-state index contributed by atoms with van der Waals surface area (Å²) >= 11 is 26.6. The number of phenolic OH excluding ortho intramolecular Hbond substituents is 3. The predicted octanol–water partition coefficient (Wildman–Crippen LogP) is 1.85. The van der Waals surface area contributed by atoms with Crippen LogP contribution in [0, 0.1) is 5.92 Å². The topological polar surface area (TPSA) is 594 Å². The molecule has 9 amide bonds. The molecule has 696 valence electrons. The van der Waals surface area contributed by atoms with Crippen LogP contribution in [0.1, 0.15) is 115 Å². The molecule has 18 atom stereocenters. The number of fused-ring (bicyclic) bond motifs is 15. The van der Waals surface area contributed by atoms with Crippen LogP contribution in [0.2, 0.25) is 20.1 Å². The Morgan fingerprint density at radius 3 is 1.98 bits per heavy atom. The van der Waals surface area contributed by atoms with E-state index in [-0.39, 0.29) is 88.9 Å². The number of morpholine rings is 1. The van der Waals surface area contributed by atoms with E-state index in [1.807, 2.05) is 18.7 Å². The number of hydrogen-bond donors (Lipinski definition) is 20. The largest absolute Gasteiger partial charge is 0.508 e. The fourth-order valence-electron chi connectivity index (χ4n) is 15.8. The summed E-state index contributed by atoms with van der Waals surface area (Å²) in [6.45, 7) is 7.59. The van der Waals surface area contributed by atoms with E-state index >= 15 is 24.0 Å². The highest BCUT2D eigenvalue weighted by Crippen LogP contribution is 2.50. The molecule has 8 aliphatic heterocycles. The van der Waals surface area contributed by atoms with Crippen LogP contribution in [0.3, 0.4) is 0 Å². The number of aliphatic hydroxyl groups is 6. The number of nitrogens with one attached hydrogen (secondary N) is 10. The monoisotopic (exact) mass is 1880 g/mol. The highest BCUT2D eigenvalue weighted by molar-refractivity contribution is 6.35. The summed E-state index contributed by atoms with van der Waals surface area (Å²) < 4.78 is 46.2. The van der Waals surface area contributed by atoms with Crippen molar-refractivity contribution >= 4 is 105 Å². The number of hydroxylamine groups is 1. The first-order chi connectivity index (χ1) is 61.8. The Bertz CT molecular complexity index is 5500. The smallest absolute Gasteiger partial charge is 0.349 e. The first-order valence-electron chi connectivity index (χ1n) is 41.1. The molecule has 3 fully saturated rings. The Labute approximate surface area is 760 Å². The number of phenols is 3. The number of anilines is 1. The number of aromatic hydroxyl groups is 3. The van der Waals surface area contributed by atoms with Crippen LogP contribution in [0.4, 0.5) is 5.82 Å². The number of carbonyl (C=O) groups is 9. The summed E-state index contributed by atoms with van der Waals surface area (Å²) in [7, 11) is 1.47. The number of hydrogen-bond acceptors (Lipinski definition) is 31. The minimum absolute atomic E-state index is 0.0520. The molecule has 0 spiro atoms. The Kier molecular flexibility index (Phi) is 30.8. The summed E-state index contributed by atoms with van der Waals surface area (Å²) in [4.78, 5) is 159. The lowest BCUT2D eigenvalue weighted by Gasteiger charge is -2.48. The second-order valence-electron chi connectivity index (χ2n) is 32.4. The van der Waals surface area contributed by atoms with Crippen molar-refractivity contribution in [1.29, 1.82) is 0 Å². The zero-order chi connectivity index (χ0) is 93.6. The molecule has 3 saturated heterocycles. The van der Waals surface area contributed by atoms with Gasteiger partial charge >= 0.3 is 5.69 Å². The first-order valence-corrected chi connectivity index (χ1v) is 42.6. The maximum Gasteiger partial charge on any atom is 0.349 e. The van der Waals surface area contributed by atoms with E-state index in [1.165, 1.54) is 61.1 Å². The average molecular weight is 1890 g/mol. The van der Waals surface area contributed by atoms with Crippen LogP contribution in [0.25, 0.3) is 11.1 Å². The number of benzene rings is 6. The third-order valence-corrected chi connectivity index (χ3v) is 23.7. The molecule has 11 bridgehead atoms. The molecule has 7 aromatic rings. The van der Waals surface area contributed by atoms with Crippen molar-refractivity contribution in [3.63, 3.8) is 0 Å². The van der Waals surface area contributed by atoms with Gasteiger partial charge in [0.05, 0.1) is 61.1 Å². The van der Waals surface area contributed by atoms with Gasteiger partial charge in [0.25, 0.3) is 11.8 Å². The fourth-order valence-corrected chi connectivity index (χ4v) is 16.8. The predicted molar refractivity (Wildman–Crippen MR) is 460 cm³/mol. The number of nitrogens with zero attached hydrogens (tertiary/aromatic N) is 3. The van der Waals surface area contributed by atoms with E-state index in [0.717, 1.165) is 66.7 Å². The van der Waals surface area contributed by atoms with E-state index in [1.54, 1.807) is 6.92 Å². The Hall–Kier alpha value is -11.2. The Morgan fingerprint density at radius 1 is 0.700 bits per heavy atom. The van der Waals surface area contributed by atoms with E-state index in [2.05, 4.69) is 58.3 Å². The number of ether oxygens (including phenoxy) is 7. The fraction of sp³-hybridized carbons (Fsp3) is 0.424. The van der Waals surface area contributed by atoms with Gasteiger partial charge in [-0.1, -0.05) is 78.5 Å². The third kappa shape index (κ3) is 22.2. The molecule has 8 aliphatic rings. The lowest BCUT2D eigenvalue weighted by Crippen LogP contribution is -2.65. The molecule has 6 aromatic carbocycles. The lowest BCUT2D eigenvalue weighted by molar-refractivity contribution is -0.334. The number of primary amides is 1. The molecule has 1 aromatic heterocycles. The molecule has 130 heavy (non-hydrogen) atoms. The van der Waals surface area contributed by atoms with Gasteiger partial charge in [-0.3, -0.25) is 57.5 Å². The number of aliphatic hydroxyl groups excluding tert-OH is 6. The van der Waals surface area contributed by atoms with Gasteiger partial charge in [0.1, 0.15) is 101 Å². The lowest BCUT2D eigenvalue weighted by atomic mass is 9.85. The quantitative estimate of drug-likeness (QED) is 0.0321. The van der Waals surface area contributed by atoms with Crippen LogP contribution < -0.4 is 79.0 Å². The van der Waals surface area contributed by atoms with Crippen LogP contribution in [0.15, 0.2) is 114 Å². The molecule has 15 rings (SSSR count).